The summed E-state index contributed by atoms with van der Waals surface area (Å²) in [6, 6.07) is 8.99. The first kappa shape index (κ1) is 16.5. The average molecular weight is 460 g/mol. The van der Waals surface area contributed by atoms with E-state index in [1.807, 2.05) is 24.3 Å². The fourth-order valence-corrected chi connectivity index (χ4v) is 5.57. The zero-order chi connectivity index (χ0) is 14.9. The van der Waals surface area contributed by atoms with E-state index in [1.54, 1.807) is 7.05 Å². The van der Waals surface area contributed by atoms with E-state index in [2.05, 4.69) is 31.9 Å². The van der Waals surface area contributed by atoms with Crippen LogP contribution in [0.15, 0.2) is 42.8 Å². The Morgan fingerprint density at radius 1 is 1.25 bits per heavy atom. The largest absolute Gasteiger partial charge is 0.252 e. The summed E-state index contributed by atoms with van der Waals surface area (Å²) in [6.07, 6.45) is 0. The fourth-order valence-electron chi connectivity index (χ4n) is 1.54. The molecule has 20 heavy (non-hydrogen) atoms. The van der Waals surface area contributed by atoms with Crippen LogP contribution in [-0.2, 0) is 16.6 Å². The molecule has 0 fully saturated rings. The first-order valence-electron chi connectivity index (χ1n) is 5.46. The third-order valence-corrected chi connectivity index (χ3v) is 7.86. The molecule has 1 aromatic heterocycles. The number of halogens is 3. The molecule has 0 saturated heterocycles. The smallest absolute Gasteiger partial charge is 0.206 e. The minimum atomic E-state index is -3.52. The van der Waals surface area contributed by atoms with Crippen molar-refractivity contribution in [2.24, 2.45) is 0 Å². The molecular weight excluding hydrogens is 450 g/mol. The summed E-state index contributed by atoms with van der Waals surface area (Å²) in [4.78, 5) is 0. The van der Waals surface area contributed by atoms with E-state index in [1.165, 1.54) is 10.4 Å². The molecule has 2 aromatic rings. The van der Waals surface area contributed by atoms with Gasteiger partial charge in [0.1, 0.15) is 4.21 Å². The lowest BCUT2D eigenvalue weighted by Gasteiger charge is -2.16. The van der Waals surface area contributed by atoms with Gasteiger partial charge in [0, 0.05) is 18.1 Å². The molecule has 0 aliphatic heterocycles. The molecule has 0 aliphatic rings. The Morgan fingerprint density at radius 2 is 1.85 bits per heavy atom. The fraction of sp³-hybridized carbons (Fsp3) is 0.167. The van der Waals surface area contributed by atoms with Crippen LogP contribution in [0.2, 0.25) is 5.02 Å². The van der Waals surface area contributed by atoms with Crippen LogP contribution < -0.4 is 0 Å². The van der Waals surface area contributed by atoms with Crippen LogP contribution >= 0.6 is 54.8 Å². The molecule has 1 heterocycles. The van der Waals surface area contributed by atoms with Crippen LogP contribution in [-0.4, -0.2) is 19.8 Å². The molecule has 3 nitrogen and oxygen atoms in total. The van der Waals surface area contributed by atoms with Gasteiger partial charge in [0.15, 0.2) is 0 Å². The Balaban J connectivity index is 2.23. The van der Waals surface area contributed by atoms with Crippen molar-refractivity contribution >= 4 is 64.8 Å². The molecule has 0 radical (unpaired) electrons. The Hall–Kier alpha value is 0.0800. The molecular formula is C12H10Br2ClNO2S2. The van der Waals surface area contributed by atoms with Gasteiger partial charge in [0.25, 0.3) is 10.0 Å². The van der Waals surface area contributed by atoms with E-state index in [4.69, 9.17) is 11.6 Å². The normalized spacial score (nSPS) is 12.1. The van der Waals surface area contributed by atoms with E-state index >= 15 is 0 Å². The molecule has 108 valence electrons. The molecule has 0 N–H and O–H groups in total. The highest BCUT2D eigenvalue weighted by atomic mass is 79.9. The average Bonchev–Trinajstić information content (AvgIpc) is 2.73. The summed E-state index contributed by atoms with van der Waals surface area (Å²) in [5.74, 6) is 0. The first-order valence-corrected chi connectivity index (χ1v) is 9.68. The maximum absolute atomic E-state index is 12.4. The number of hydrogen-bond acceptors (Lipinski definition) is 3. The van der Waals surface area contributed by atoms with Crippen LogP contribution in [0.1, 0.15) is 5.56 Å². The summed E-state index contributed by atoms with van der Waals surface area (Å²) in [5.41, 5.74) is 0.918. The Bertz CT molecular complexity index is 694. The van der Waals surface area contributed by atoms with Crippen molar-refractivity contribution in [3.8, 4) is 0 Å². The second-order valence-electron chi connectivity index (χ2n) is 4.07. The Labute approximate surface area is 143 Å². The van der Waals surface area contributed by atoms with Gasteiger partial charge in [-0.1, -0.05) is 39.7 Å². The number of thiophene rings is 1. The van der Waals surface area contributed by atoms with Gasteiger partial charge in [0.2, 0.25) is 0 Å². The van der Waals surface area contributed by atoms with E-state index < -0.39 is 10.0 Å². The number of sulfonamides is 1. The third kappa shape index (κ3) is 3.64. The Kier molecular flexibility index (Phi) is 5.31. The number of hydrogen-bond donors (Lipinski definition) is 0. The Morgan fingerprint density at radius 3 is 2.35 bits per heavy atom. The maximum Gasteiger partial charge on any atom is 0.252 e. The summed E-state index contributed by atoms with van der Waals surface area (Å²) in [5, 5.41) is 0.408. The lowest BCUT2D eigenvalue weighted by molar-refractivity contribution is 0.468. The zero-order valence-corrected chi connectivity index (χ0v) is 15.9. The van der Waals surface area contributed by atoms with Gasteiger partial charge in [-0.25, -0.2) is 8.42 Å². The molecule has 8 heteroatoms. The maximum atomic E-state index is 12.4. The van der Waals surface area contributed by atoms with Gasteiger partial charge < -0.3 is 0 Å². The molecule has 0 saturated carbocycles. The van der Waals surface area contributed by atoms with Crippen molar-refractivity contribution in [3.05, 3.63) is 49.2 Å². The van der Waals surface area contributed by atoms with Crippen molar-refractivity contribution in [2.45, 2.75) is 10.8 Å². The van der Waals surface area contributed by atoms with E-state index in [-0.39, 0.29) is 4.21 Å². The molecule has 0 amide bonds. The summed E-state index contributed by atoms with van der Waals surface area (Å²) in [6.45, 7) is 0.308. The molecule has 0 atom stereocenters. The molecule has 2 rings (SSSR count). The second-order valence-corrected chi connectivity index (χ2v) is 10.0. The van der Waals surface area contributed by atoms with Crippen molar-refractivity contribution in [1.29, 1.82) is 0 Å². The molecule has 0 bridgehead atoms. The highest BCUT2D eigenvalue weighted by molar-refractivity contribution is 9.11. The van der Waals surface area contributed by atoms with Crippen LogP contribution in [0, 0.1) is 0 Å². The topological polar surface area (TPSA) is 37.4 Å². The molecule has 0 spiro atoms. The predicted octanol–water partition coefficient (Wildman–Crippen LogP) is 4.75. The molecule has 1 aromatic carbocycles. The SMILES string of the molecule is CN(Cc1ccc(Br)cc1)S(=O)(=O)c1cc(Cl)c(Br)s1. The highest BCUT2D eigenvalue weighted by Gasteiger charge is 2.24. The van der Waals surface area contributed by atoms with Crippen molar-refractivity contribution < 1.29 is 8.42 Å². The zero-order valence-electron chi connectivity index (χ0n) is 10.3. The summed E-state index contributed by atoms with van der Waals surface area (Å²) >= 11 is 13.6. The quantitative estimate of drug-likeness (QED) is 0.662. The van der Waals surface area contributed by atoms with Crippen molar-refractivity contribution in [2.75, 3.05) is 7.05 Å². The number of rotatable bonds is 4. The van der Waals surface area contributed by atoms with Gasteiger partial charge in [-0.15, -0.1) is 11.3 Å². The van der Waals surface area contributed by atoms with Gasteiger partial charge >= 0.3 is 0 Å². The monoisotopic (exact) mass is 457 g/mol. The predicted molar refractivity (Wildman–Crippen MR) is 89.8 cm³/mol. The van der Waals surface area contributed by atoms with E-state index in [9.17, 15) is 8.42 Å². The summed E-state index contributed by atoms with van der Waals surface area (Å²) < 4.78 is 28.0. The standard InChI is InChI=1S/C12H10Br2ClNO2S2/c1-16(7-8-2-4-9(13)5-3-8)20(17,18)11-6-10(15)12(14)19-11/h2-6H,7H2,1H3. The number of nitrogens with zero attached hydrogens (tertiary/aromatic N) is 1. The highest BCUT2D eigenvalue weighted by Crippen LogP contribution is 2.35. The minimum absolute atomic E-state index is 0.231. The van der Waals surface area contributed by atoms with Crippen LogP contribution in [0.25, 0.3) is 0 Å². The van der Waals surface area contributed by atoms with Gasteiger partial charge in [-0.2, -0.15) is 4.31 Å². The van der Waals surface area contributed by atoms with Gasteiger partial charge in [-0.3, -0.25) is 0 Å². The number of benzene rings is 1. The minimum Gasteiger partial charge on any atom is -0.206 e. The van der Waals surface area contributed by atoms with Crippen molar-refractivity contribution in [3.63, 3.8) is 0 Å². The lowest BCUT2D eigenvalue weighted by Crippen LogP contribution is -2.25. The van der Waals surface area contributed by atoms with E-state index in [0.29, 0.717) is 15.4 Å². The van der Waals surface area contributed by atoms with E-state index in [0.717, 1.165) is 21.4 Å². The van der Waals surface area contributed by atoms with Gasteiger partial charge in [-0.05, 0) is 39.7 Å². The second kappa shape index (κ2) is 6.46. The molecule has 0 unspecified atom stereocenters. The van der Waals surface area contributed by atoms with Crippen molar-refractivity contribution in [1.82, 2.24) is 4.31 Å². The summed E-state index contributed by atoms with van der Waals surface area (Å²) in [7, 11) is -1.97. The van der Waals surface area contributed by atoms with Crippen LogP contribution in [0.3, 0.4) is 0 Å². The lowest BCUT2D eigenvalue weighted by atomic mass is 10.2. The van der Waals surface area contributed by atoms with Gasteiger partial charge in [0.05, 0.1) is 8.81 Å². The first-order chi connectivity index (χ1) is 9.30. The third-order valence-electron chi connectivity index (χ3n) is 2.61. The van der Waals surface area contributed by atoms with Crippen LogP contribution in [0.5, 0.6) is 0 Å². The molecule has 0 aliphatic carbocycles. The van der Waals surface area contributed by atoms with Crippen LogP contribution in [0.4, 0.5) is 0 Å².